The predicted molar refractivity (Wildman–Crippen MR) is 27.2 cm³/mol. The van der Waals surface area contributed by atoms with E-state index in [-0.39, 0.29) is 0 Å². The van der Waals surface area contributed by atoms with E-state index in [2.05, 4.69) is 12.6 Å². The molecule has 0 saturated heterocycles. The number of nitriles is 1. The molecule has 0 aliphatic carbocycles. The van der Waals surface area contributed by atoms with Crippen LogP contribution in [0.2, 0.25) is 0 Å². The largest absolute Gasteiger partial charge is 0.305 e. The summed E-state index contributed by atoms with van der Waals surface area (Å²) in [7, 11) is 0. The average Bonchev–Trinajstić information content (AvgIpc) is 1.35. The van der Waals surface area contributed by atoms with Crippen molar-refractivity contribution in [2.24, 2.45) is 5.73 Å². The van der Waals surface area contributed by atoms with Crippen molar-refractivity contribution in [3.63, 3.8) is 0 Å². The summed E-state index contributed by atoms with van der Waals surface area (Å²) >= 11 is 3.67. The van der Waals surface area contributed by atoms with Crippen LogP contribution in [0.5, 0.6) is 0 Å². The molecule has 1 unspecified atom stereocenters. The van der Waals surface area contributed by atoms with Gasteiger partial charge in [-0.2, -0.15) is 5.26 Å². The van der Waals surface area contributed by atoms with Crippen molar-refractivity contribution in [1.82, 2.24) is 0 Å². The molecule has 3 heteroatoms. The summed E-state index contributed by atoms with van der Waals surface area (Å²) < 4.78 is 0. The predicted octanol–water partition coefficient (Wildman–Crippen LogP) is 0.115. The Morgan fingerprint density at radius 2 is 2.17 bits per heavy atom. The Morgan fingerprint density at radius 3 is 2.17 bits per heavy atom. The molecule has 0 aliphatic rings. The second-order valence-corrected chi connectivity index (χ2v) is 2.19. The third-order valence-corrected chi connectivity index (χ3v) is 0.326. The maximum atomic E-state index is 7.95. The number of rotatable bonds is 0. The Kier molecular flexibility index (Phi) is 1.45. The summed E-state index contributed by atoms with van der Waals surface area (Å²) in [5.74, 6) is 0. The van der Waals surface area contributed by atoms with Gasteiger partial charge in [-0.3, -0.25) is 0 Å². The molecule has 0 fully saturated rings. The van der Waals surface area contributed by atoms with Crippen LogP contribution in [-0.2, 0) is 0 Å². The quantitative estimate of drug-likeness (QED) is 0.337. The van der Waals surface area contributed by atoms with E-state index in [4.69, 9.17) is 11.0 Å². The molecular weight excluding hydrogens is 96.1 g/mol. The smallest absolute Gasteiger partial charge is 0.145 e. The van der Waals surface area contributed by atoms with Crippen LogP contribution in [0.3, 0.4) is 0 Å². The number of nitrogens with zero attached hydrogens (tertiary/aromatic N) is 1. The minimum absolute atomic E-state index is 0.958. The van der Waals surface area contributed by atoms with E-state index in [1.807, 2.05) is 0 Å². The lowest BCUT2D eigenvalue weighted by Gasteiger charge is -2.00. The summed E-state index contributed by atoms with van der Waals surface area (Å²) in [6.07, 6.45) is 0. The molecule has 1 atom stereocenters. The lowest BCUT2D eigenvalue weighted by molar-refractivity contribution is 0.871. The van der Waals surface area contributed by atoms with Crippen molar-refractivity contribution in [2.75, 3.05) is 0 Å². The molecule has 0 spiro atoms. The Hall–Kier alpha value is -0.200. The highest BCUT2D eigenvalue weighted by Gasteiger charge is 2.06. The minimum Gasteiger partial charge on any atom is -0.305 e. The molecule has 0 aromatic heterocycles. The van der Waals surface area contributed by atoms with E-state index in [0.29, 0.717) is 0 Å². The highest BCUT2D eigenvalue weighted by Crippen LogP contribution is 1.98. The number of hydrogen-bond donors (Lipinski definition) is 2. The van der Waals surface area contributed by atoms with Gasteiger partial charge in [0, 0.05) is 0 Å². The van der Waals surface area contributed by atoms with Crippen molar-refractivity contribution in [1.29, 1.82) is 5.26 Å². The first kappa shape index (κ1) is 5.80. The van der Waals surface area contributed by atoms with Crippen molar-refractivity contribution in [3.05, 3.63) is 0 Å². The van der Waals surface area contributed by atoms with Crippen LogP contribution in [0, 0.1) is 11.3 Å². The molecule has 0 aromatic carbocycles. The monoisotopic (exact) mass is 102 g/mol. The van der Waals surface area contributed by atoms with Gasteiger partial charge >= 0.3 is 0 Å². The summed E-state index contributed by atoms with van der Waals surface area (Å²) in [6.45, 7) is 1.52. The number of nitrogens with two attached hydrogens (primary N) is 1. The number of hydrogen-bond acceptors (Lipinski definition) is 3. The SMILES string of the molecule is CC(N)(S)C#N. The molecular formula is C3H6N2S. The molecule has 0 saturated carbocycles. The van der Waals surface area contributed by atoms with E-state index in [1.54, 1.807) is 6.07 Å². The maximum Gasteiger partial charge on any atom is 0.145 e. The Labute approximate surface area is 42.4 Å². The van der Waals surface area contributed by atoms with Crippen LogP contribution in [0.4, 0.5) is 0 Å². The second kappa shape index (κ2) is 1.50. The summed E-state index contributed by atoms with van der Waals surface area (Å²) in [5.41, 5.74) is 5.04. The van der Waals surface area contributed by atoms with Crippen LogP contribution < -0.4 is 5.73 Å². The molecule has 2 N–H and O–H groups in total. The molecule has 0 amide bonds. The van der Waals surface area contributed by atoms with Gasteiger partial charge in [0.1, 0.15) is 4.87 Å². The first-order valence-corrected chi connectivity index (χ1v) is 1.93. The van der Waals surface area contributed by atoms with E-state index in [1.165, 1.54) is 6.92 Å². The van der Waals surface area contributed by atoms with Gasteiger partial charge < -0.3 is 5.73 Å². The van der Waals surface area contributed by atoms with Crippen LogP contribution in [0.25, 0.3) is 0 Å². The van der Waals surface area contributed by atoms with E-state index < -0.39 is 4.87 Å². The summed E-state index contributed by atoms with van der Waals surface area (Å²) in [5, 5.41) is 7.95. The third-order valence-electron chi connectivity index (χ3n) is 0.226. The van der Waals surface area contributed by atoms with Crippen molar-refractivity contribution >= 4 is 12.6 Å². The molecule has 0 heterocycles. The Morgan fingerprint density at radius 1 is 2.00 bits per heavy atom. The second-order valence-electron chi connectivity index (χ2n) is 1.26. The lowest BCUT2D eigenvalue weighted by Crippen LogP contribution is -2.25. The first-order chi connectivity index (χ1) is 2.56. The Balaban J connectivity index is 3.55. The fourth-order valence-corrected chi connectivity index (χ4v) is 0. The third kappa shape index (κ3) is 3.80. The lowest BCUT2D eigenvalue weighted by atomic mass is 10.4. The molecule has 0 bridgehead atoms. The highest BCUT2D eigenvalue weighted by molar-refractivity contribution is 7.82. The molecule has 6 heavy (non-hydrogen) atoms. The topological polar surface area (TPSA) is 49.8 Å². The van der Waals surface area contributed by atoms with Crippen LogP contribution >= 0.6 is 12.6 Å². The normalized spacial score (nSPS) is 18.3. The fraction of sp³-hybridized carbons (Fsp3) is 0.667. The zero-order chi connectivity index (χ0) is 5.21. The minimum atomic E-state index is -0.958. The molecule has 2 nitrogen and oxygen atoms in total. The van der Waals surface area contributed by atoms with Gasteiger partial charge in [-0.1, -0.05) is 0 Å². The van der Waals surface area contributed by atoms with E-state index in [9.17, 15) is 0 Å². The zero-order valence-electron chi connectivity index (χ0n) is 3.47. The highest BCUT2D eigenvalue weighted by atomic mass is 32.1. The number of thiol groups is 1. The molecule has 0 radical (unpaired) electrons. The first-order valence-electron chi connectivity index (χ1n) is 1.49. The van der Waals surface area contributed by atoms with Gasteiger partial charge in [-0.05, 0) is 6.92 Å². The molecule has 0 rings (SSSR count). The summed E-state index contributed by atoms with van der Waals surface area (Å²) in [6, 6.07) is 1.75. The van der Waals surface area contributed by atoms with Gasteiger partial charge in [-0.25, -0.2) is 0 Å². The zero-order valence-corrected chi connectivity index (χ0v) is 4.37. The van der Waals surface area contributed by atoms with Crippen LogP contribution in [-0.4, -0.2) is 4.87 Å². The fourth-order valence-electron chi connectivity index (χ4n) is 0. The summed E-state index contributed by atoms with van der Waals surface area (Å²) in [4.78, 5) is -0.958. The van der Waals surface area contributed by atoms with Crippen molar-refractivity contribution in [3.8, 4) is 6.07 Å². The van der Waals surface area contributed by atoms with Crippen LogP contribution in [0.1, 0.15) is 6.92 Å². The van der Waals surface area contributed by atoms with Gasteiger partial charge in [0.15, 0.2) is 0 Å². The van der Waals surface area contributed by atoms with Gasteiger partial charge in [-0.15, -0.1) is 12.6 Å². The van der Waals surface area contributed by atoms with Crippen molar-refractivity contribution in [2.45, 2.75) is 11.8 Å². The van der Waals surface area contributed by atoms with Crippen molar-refractivity contribution < 1.29 is 0 Å². The molecule has 0 aromatic rings. The molecule has 0 aliphatic heterocycles. The molecule has 34 valence electrons. The van der Waals surface area contributed by atoms with Gasteiger partial charge in [0.2, 0.25) is 0 Å². The maximum absolute atomic E-state index is 7.95. The Bertz CT molecular complexity index is 75.8. The van der Waals surface area contributed by atoms with E-state index >= 15 is 0 Å². The van der Waals surface area contributed by atoms with Gasteiger partial charge in [0.25, 0.3) is 0 Å². The average molecular weight is 102 g/mol. The van der Waals surface area contributed by atoms with Gasteiger partial charge in [0.05, 0.1) is 6.07 Å². The van der Waals surface area contributed by atoms with Crippen LogP contribution in [0.15, 0.2) is 0 Å². The van der Waals surface area contributed by atoms with E-state index in [0.717, 1.165) is 0 Å². The standard InChI is InChI=1S/C3H6N2S/c1-3(5,6)2-4/h6H,5H2,1H3.